The van der Waals surface area contributed by atoms with Gasteiger partial charge in [0.15, 0.2) is 0 Å². The van der Waals surface area contributed by atoms with Crippen molar-refractivity contribution in [3.63, 3.8) is 0 Å². The fourth-order valence-electron chi connectivity index (χ4n) is 22.6. The number of hydrogen-bond donors (Lipinski definition) is 21. The predicted octanol–water partition coefficient (Wildman–Crippen LogP) is -1.88. The van der Waals surface area contributed by atoms with E-state index in [0.29, 0.717) is 69.9 Å². The molecule has 23 N–H and O–H groups in total. The highest BCUT2D eigenvalue weighted by Crippen LogP contribution is 2.47. The summed E-state index contributed by atoms with van der Waals surface area (Å²) in [5.41, 5.74) is 8.89. The van der Waals surface area contributed by atoms with Crippen LogP contribution < -0.4 is 80.6 Å². The second kappa shape index (κ2) is 56.6. The summed E-state index contributed by atoms with van der Waals surface area (Å²) < 4.78 is 0. The molecule has 9 aliphatic rings. The van der Waals surface area contributed by atoms with E-state index in [2.05, 4.69) is 69.1 Å². The van der Waals surface area contributed by atoms with Crippen molar-refractivity contribution in [1.29, 1.82) is 0 Å². The topological polar surface area (TPSA) is 687 Å². The molecule has 144 heavy (non-hydrogen) atoms. The second-order valence-corrected chi connectivity index (χ2v) is 42.8. The number of nitrogens with one attached hydrogen (secondary N) is 13. The van der Waals surface area contributed by atoms with Crippen LogP contribution in [0.3, 0.4) is 0 Å². The number of nitrogens with two attached hydrogens (primary N) is 2. The zero-order chi connectivity index (χ0) is 105. The van der Waals surface area contributed by atoms with Gasteiger partial charge in [0.05, 0.1) is 52.0 Å². The molecule has 46 nitrogen and oxygen atoms in total. The van der Waals surface area contributed by atoms with E-state index >= 15 is 43.2 Å². The Kier molecular flexibility index (Phi) is 45.7. The highest BCUT2D eigenvalue weighted by molar-refractivity contribution is 6.02. The van der Waals surface area contributed by atoms with E-state index in [0.717, 1.165) is 94.8 Å². The Labute approximate surface area is 840 Å². The van der Waals surface area contributed by atoms with Gasteiger partial charge < -0.3 is 116 Å². The summed E-state index contributed by atoms with van der Waals surface area (Å²) in [5.74, 6) is -21.7. The first-order valence-electron chi connectivity index (χ1n) is 51.8. The summed E-state index contributed by atoms with van der Waals surface area (Å²) in [6, 6.07) is -20.4. The lowest BCUT2D eigenvalue weighted by Crippen LogP contribution is -2.63. The number of carboxylic acid groups (broad SMARTS) is 5. The maximum absolute atomic E-state index is 16.1. The average molecular weight is 2030 g/mol. The lowest BCUT2D eigenvalue weighted by Gasteiger charge is -2.42. The standard InChI is InChI=1S/C98H158N20O26/c1-57(102-78(121)52-114-35-37-115(53-81(126)127)39-41-117(55-83(130)131)42-40-116(38-36-114)54-82(128)129)85(133)112-76(56-119)94(142)110-74(50-80(124)125)92(140)103-66-25-13-14-26-67(95(143)118-34-16-31-98(118,5)96(144)113-71(44-58-17-7-6-8-18-58)89(137)105-68(84(100)132)49-79(122)123)104-91(139)73(48-77(99)120)109-88(136)70(46-60-27-28-61-19-9-10-21-63(61)43-60)106-87(135)69(45-59-29-32-101-33-30-59)107-93(141)75(51-97(2,3)4)111-90(138)72(108-86(66)134)47-64-23-15-22-62-20-11-12-24-65(62)64/h13-14,57-76,101,119H,6-12,15-56H2,1-5H3,(H2,99,120)(H2,100,132)(H,102,121)(H,103,140)(H,104,139)(H,105,137)(H,106,135)(H,107,141)(H,108,134)(H,109,136)(H,110,142)(H,111,138)(H,112,133)(H,113,144)(H,122,123)(H,124,125)(H,126,127)(H,128,129)(H,130,131)/b14-13+/t57-,60?,61?,62?,63?,64?,65?,66+,67+,68+,69+,70+,71+,72+,73+,74+,75+,76+,98+/m1/s1. The molecule has 19 atom stereocenters. The molecule has 46 heteroatoms. The number of carbonyl (C=O) groups excluding carboxylic acids is 15. The number of aliphatic hydroxyl groups is 1. The number of amides is 15. The molecule has 3 saturated heterocycles. The fourth-order valence-corrected chi connectivity index (χ4v) is 22.6. The largest absolute Gasteiger partial charge is 0.481 e. The van der Waals surface area contributed by atoms with Crippen LogP contribution in [0.4, 0.5) is 0 Å². The third-order valence-electron chi connectivity index (χ3n) is 30.4. The maximum atomic E-state index is 16.1. The van der Waals surface area contributed by atoms with Crippen molar-refractivity contribution in [2.75, 3.05) is 105 Å². The molecule has 5 saturated carbocycles. The molecule has 0 bridgehead atoms. The first-order valence-corrected chi connectivity index (χ1v) is 51.8. The van der Waals surface area contributed by atoms with E-state index < -0.39 is 267 Å². The van der Waals surface area contributed by atoms with E-state index in [1.54, 1.807) is 9.80 Å². The van der Waals surface area contributed by atoms with Gasteiger partial charge in [0, 0.05) is 58.9 Å². The number of primary amides is 2. The molecule has 4 aliphatic heterocycles. The van der Waals surface area contributed by atoms with Crippen LogP contribution >= 0.6 is 0 Å². The van der Waals surface area contributed by atoms with Crippen molar-refractivity contribution in [3.8, 4) is 0 Å². The van der Waals surface area contributed by atoms with Crippen molar-refractivity contribution >= 4 is 118 Å². The van der Waals surface area contributed by atoms with Crippen LogP contribution in [0, 0.1) is 52.8 Å². The van der Waals surface area contributed by atoms with Crippen molar-refractivity contribution in [3.05, 3.63) is 12.2 Å². The maximum Gasteiger partial charge on any atom is 0.317 e. The summed E-state index contributed by atoms with van der Waals surface area (Å²) in [7, 11) is 0. The molecule has 15 amide bonds. The van der Waals surface area contributed by atoms with Crippen LogP contribution in [-0.2, 0) is 95.9 Å². The molecule has 4 heterocycles. The zero-order valence-electron chi connectivity index (χ0n) is 84.1. The van der Waals surface area contributed by atoms with Crippen molar-refractivity contribution in [2.45, 2.75) is 325 Å². The fraction of sp³-hybridized carbons (Fsp3) is 0.776. The van der Waals surface area contributed by atoms with Gasteiger partial charge in [-0.2, -0.15) is 0 Å². The molecule has 8 fully saturated rings. The third-order valence-corrected chi connectivity index (χ3v) is 30.4. The van der Waals surface area contributed by atoms with E-state index in [1.807, 2.05) is 20.8 Å². The smallest absolute Gasteiger partial charge is 0.317 e. The third kappa shape index (κ3) is 37.4. The quantitative estimate of drug-likeness (QED) is 0.0303. The van der Waals surface area contributed by atoms with Crippen molar-refractivity contribution < 1.29 is 127 Å². The van der Waals surface area contributed by atoms with E-state index in [4.69, 9.17) is 11.5 Å². The minimum Gasteiger partial charge on any atom is -0.481 e. The van der Waals surface area contributed by atoms with Crippen LogP contribution in [0.1, 0.15) is 247 Å². The summed E-state index contributed by atoms with van der Waals surface area (Å²) in [4.78, 5) is 292. The number of nitrogens with zero attached hydrogens (tertiary/aromatic N) is 5. The van der Waals surface area contributed by atoms with Gasteiger partial charge in [0.25, 0.3) is 0 Å². The summed E-state index contributed by atoms with van der Waals surface area (Å²) in [5, 5.41) is 95.5. The van der Waals surface area contributed by atoms with E-state index in [1.165, 1.54) is 35.8 Å². The predicted molar refractivity (Wildman–Crippen MR) is 520 cm³/mol. The SMILES string of the molecule is C[C@@H](NC(=O)CN1CCN(CC(=O)O)CCN(CC(=O)O)CCN(CC(=O)O)CC1)C(=O)N[C@@H](CO)C(=O)N[C@@H](CC(=O)O)C(=O)N[C@H]1C/C=C/C[C@@H](C(=O)N2CCC[C@@]2(C)C(=O)N[C@@H](CC2CCCCC2)C(=O)N[C@@H](CC(=O)O)C(N)=O)NC(=O)[C@H](CC(N)=O)NC(=O)[C@H](CC2CCC3CCCCC3C2)NC(=O)[C@H](CC2CCNCC2)NC(=O)[C@H](CC(C)(C)C)NC(=O)[C@H](CC2CCCC3CCCCC32)NC1=O. The van der Waals surface area contributed by atoms with Gasteiger partial charge in [-0.1, -0.05) is 136 Å². The minimum atomic E-state index is -2.19. The Bertz CT molecular complexity index is 4470. The number of aliphatic hydroxyl groups excluding tert-OH is 1. The molecule has 0 radical (unpaired) electrons. The lowest BCUT2D eigenvalue weighted by atomic mass is 9.64. The van der Waals surface area contributed by atoms with Gasteiger partial charge in [-0.05, 0) is 170 Å². The van der Waals surface area contributed by atoms with E-state index in [-0.39, 0.29) is 139 Å². The van der Waals surface area contributed by atoms with Gasteiger partial charge in [-0.15, -0.1) is 0 Å². The number of fused-ring (bicyclic) bond motifs is 2. The van der Waals surface area contributed by atoms with Gasteiger partial charge >= 0.3 is 29.8 Å². The summed E-state index contributed by atoms with van der Waals surface area (Å²) in [6.45, 7) is 6.50. The number of carboxylic acids is 5. The van der Waals surface area contributed by atoms with Gasteiger partial charge in [0.1, 0.15) is 78.0 Å². The molecular weight excluding hydrogens is 1870 g/mol. The van der Waals surface area contributed by atoms with Crippen LogP contribution in [-0.4, -0.2) is 356 Å². The first-order chi connectivity index (χ1) is 68.3. The molecule has 0 aromatic carbocycles. The Balaban J connectivity index is 1.09. The Hall–Kier alpha value is -11.1. The monoisotopic (exact) mass is 2030 g/mol. The highest BCUT2D eigenvalue weighted by Gasteiger charge is 2.51. The van der Waals surface area contributed by atoms with Crippen LogP contribution in [0.2, 0.25) is 0 Å². The molecule has 0 aromatic rings. The summed E-state index contributed by atoms with van der Waals surface area (Å²) >= 11 is 0. The molecule has 6 unspecified atom stereocenters. The molecule has 0 aromatic heterocycles. The molecule has 9 rings (SSSR count). The Morgan fingerprint density at radius 3 is 1.49 bits per heavy atom. The van der Waals surface area contributed by atoms with Crippen molar-refractivity contribution in [1.82, 2.24) is 93.6 Å². The number of piperidine rings is 1. The normalized spacial score (nSPS) is 28.2. The van der Waals surface area contributed by atoms with Crippen LogP contribution in [0.15, 0.2) is 12.2 Å². The average Bonchev–Trinajstić information content (AvgIpc) is 1.62. The number of hydrogen-bond acceptors (Lipinski definition) is 26. The van der Waals surface area contributed by atoms with Crippen molar-refractivity contribution in [2.24, 2.45) is 64.2 Å². The Morgan fingerprint density at radius 1 is 0.444 bits per heavy atom. The van der Waals surface area contributed by atoms with Crippen LogP contribution in [0.25, 0.3) is 0 Å². The minimum absolute atomic E-state index is 0.0161. The van der Waals surface area contributed by atoms with Gasteiger partial charge in [0.2, 0.25) is 88.6 Å². The molecule has 5 aliphatic carbocycles. The molecular formula is C98H158N20O26. The highest BCUT2D eigenvalue weighted by atomic mass is 16.4. The summed E-state index contributed by atoms with van der Waals surface area (Å²) in [6.07, 6.45) is 15.4. The van der Waals surface area contributed by atoms with E-state index in [9.17, 15) is 83.4 Å². The molecule has 0 spiro atoms. The van der Waals surface area contributed by atoms with Crippen LogP contribution in [0.5, 0.6) is 0 Å². The first kappa shape index (κ1) is 116. The number of rotatable bonds is 37. The number of carbonyl (C=O) groups is 20. The Morgan fingerprint density at radius 2 is 0.924 bits per heavy atom. The number of likely N-dealkylation sites (tertiary alicyclic amines) is 1. The van der Waals surface area contributed by atoms with Gasteiger partial charge in [-0.3, -0.25) is 115 Å². The second-order valence-electron chi connectivity index (χ2n) is 42.8. The number of aliphatic carboxylic acids is 5. The van der Waals surface area contributed by atoms with Gasteiger partial charge in [-0.25, -0.2) is 0 Å². The lowest BCUT2D eigenvalue weighted by molar-refractivity contribution is -0.147. The zero-order valence-corrected chi connectivity index (χ0v) is 84.1. The molecule has 806 valence electrons.